The summed E-state index contributed by atoms with van der Waals surface area (Å²) in [6, 6.07) is 14.4. The van der Waals surface area contributed by atoms with Crippen LogP contribution in [0.4, 0.5) is 15.8 Å². The van der Waals surface area contributed by atoms with Crippen LogP contribution in [-0.2, 0) is 13.0 Å². The molecule has 1 heterocycles. The Morgan fingerprint density at radius 2 is 1.78 bits per heavy atom. The van der Waals surface area contributed by atoms with Gasteiger partial charge >= 0.3 is 0 Å². The summed E-state index contributed by atoms with van der Waals surface area (Å²) in [7, 11) is 4.69. The molecule has 0 bridgehead atoms. The lowest BCUT2D eigenvalue weighted by molar-refractivity contribution is 0.323. The number of fused-ring (bicyclic) bond motifs is 3. The van der Waals surface area contributed by atoms with Crippen LogP contribution >= 0.6 is 0 Å². The Morgan fingerprint density at radius 3 is 2.39 bits per heavy atom. The number of anilines is 2. The summed E-state index contributed by atoms with van der Waals surface area (Å²) in [5.74, 6) is 3.46. The van der Waals surface area contributed by atoms with E-state index >= 15 is 4.39 Å². The van der Waals surface area contributed by atoms with E-state index in [1.165, 1.54) is 0 Å². The maximum atomic E-state index is 15.7. The summed E-state index contributed by atoms with van der Waals surface area (Å²) in [5, 5.41) is 16.1. The number of methoxy groups -OCH3 is 3. The van der Waals surface area contributed by atoms with E-state index in [9.17, 15) is 0 Å². The van der Waals surface area contributed by atoms with E-state index < -0.39 is 5.82 Å². The summed E-state index contributed by atoms with van der Waals surface area (Å²) in [5.41, 5.74) is 14.2. The first-order valence-electron chi connectivity index (χ1n) is 13.0. The van der Waals surface area contributed by atoms with Crippen LogP contribution in [-0.4, -0.2) is 37.6 Å². The predicted molar refractivity (Wildman–Crippen MR) is 159 cm³/mol. The monoisotopic (exact) mass is 554 g/mol. The van der Waals surface area contributed by atoms with Crippen LogP contribution in [0, 0.1) is 23.6 Å². The molecule has 0 aliphatic heterocycles. The highest BCUT2D eigenvalue weighted by molar-refractivity contribution is 6.08. The van der Waals surface area contributed by atoms with Gasteiger partial charge in [-0.15, -0.1) is 6.42 Å². The number of benzene rings is 3. The van der Waals surface area contributed by atoms with Crippen LogP contribution in [0.5, 0.6) is 17.2 Å². The molecule has 0 saturated carbocycles. The standard InChI is InChI=1S/C31H31FN6O3/c1-5-18-9-11-20(12-10-18)35-25-15-22-21-7-6-8-24(36-37-31(33)34)29(21)38(26(22)16-23(25)32)17-19-13-27(39-2)30(41-4)28(14-19)40-3/h1,9-16,35H,6-8,17H2,2-4H3,(H4,33,34,37)/b36-24+. The first kappa shape index (κ1) is 27.4. The number of aromatic nitrogens is 1. The summed E-state index contributed by atoms with van der Waals surface area (Å²) < 4.78 is 34.3. The van der Waals surface area contributed by atoms with Crippen molar-refractivity contribution in [2.24, 2.45) is 10.8 Å². The molecule has 1 aliphatic rings. The average Bonchev–Trinajstić information content (AvgIpc) is 3.28. The molecular weight excluding hydrogens is 523 g/mol. The van der Waals surface area contributed by atoms with Gasteiger partial charge in [0, 0.05) is 29.2 Å². The van der Waals surface area contributed by atoms with Crippen molar-refractivity contribution in [3.05, 3.63) is 76.7 Å². The van der Waals surface area contributed by atoms with Crippen molar-refractivity contribution in [3.63, 3.8) is 0 Å². The molecule has 1 aliphatic carbocycles. The van der Waals surface area contributed by atoms with Gasteiger partial charge in [-0.25, -0.2) is 9.82 Å². The Kier molecular flexibility index (Phi) is 7.70. The van der Waals surface area contributed by atoms with Crippen LogP contribution in [0.2, 0.25) is 0 Å². The second kappa shape index (κ2) is 11.5. The van der Waals surface area contributed by atoms with Crippen molar-refractivity contribution in [1.82, 2.24) is 9.99 Å². The lowest BCUT2D eigenvalue weighted by atomic mass is 9.93. The molecule has 0 unspecified atom stereocenters. The number of aryl methyl sites for hydroxylation is 1. The number of nitrogens with two attached hydrogens (primary N) is 1. The van der Waals surface area contributed by atoms with Crippen molar-refractivity contribution in [1.29, 1.82) is 5.41 Å². The van der Waals surface area contributed by atoms with Gasteiger partial charge in [-0.2, -0.15) is 5.10 Å². The number of halogens is 1. The molecule has 0 amide bonds. The molecule has 0 fully saturated rings. The number of hydrogen-bond donors (Lipinski definition) is 4. The fraction of sp³-hybridized carbons (Fsp3) is 0.226. The van der Waals surface area contributed by atoms with Crippen LogP contribution in [0.15, 0.2) is 53.6 Å². The van der Waals surface area contributed by atoms with Gasteiger partial charge in [-0.1, -0.05) is 5.92 Å². The molecule has 0 atom stereocenters. The van der Waals surface area contributed by atoms with Crippen molar-refractivity contribution in [2.75, 3.05) is 26.6 Å². The average molecular weight is 555 g/mol. The van der Waals surface area contributed by atoms with E-state index in [0.29, 0.717) is 41.4 Å². The molecule has 0 saturated heterocycles. The first-order chi connectivity index (χ1) is 19.9. The van der Waals surface area contributed by atoms with E-state index in [-0.39, 0.29) is 5.96 Å². The third kappa shape index (κ3) is 5.34. The number of terminal acetylenes is 1. The van der Waals surface area contributed by atoms with E-state index in [1.807, 2.05) is 34.9 Å². The molecule has 5 N–H and O–H groups in total. The first-order valence-corrected chi connectivity index (χ1v) is 13.0. The molecule has 210 valence electrons. The van der Waals surface area contributed by atoms with Gasteiger partial charge in [-0.3, -0.25) is 5.41 Å². The van der Waals surface area contributed by atoms with Gasteiger partial charge in [0.05, 0.1) is 43.9 Å². The van der Waals surface area contributed by atoms with Crippen LogP contribution in [0.3, 0.4) is 0 Å². The number of rotatable bonds is 8. The second-order valence-corrected chi connectivity index (χ2v) is 9.58. The number of ether oxygens (including phenoxy) is 3. The summed E-state index contributed by atoms with van der Waals surface area (Å²) in [6.45, 7) is 0.376. The second-order valence-electron chi connectivity index (χ2n) is 9.58. The van der Waals surface area contributed by atoms with Crippen molar-refractivity contribution < 1.29 is 18.6 Å². The Hall–Kier alpha value is -5.17. The van der Waals surface area contributed by atoms with Gasteiger partial charge in [0.1, 0.15) is 5.82 Å². The van der Waals surface area contributed by atoms with Gasteiger partial charge in [0.25, 0.3) is 0 Å². The summed E-state index contributed by atoms with van der Waals surface area (Å²) >= 11 is 0. The molecule has 4 aromatic rings. The Labute approximate surface area is 237 Å². The lowest BCUT2D eigenvalue weighted by Crippen LogP contribution is -2.28. The fourth-order valence-electron chi connectivity index (χ4n) is 5.28. The third-order valence-corrected chi connectivity index (χ3v) is 7.08. The Morgan fingerprint density at radius 1 is 1.07 bits per heavy atom. The molecule has 9 nitrogen and oxygen atoms in total. The Bertz CT molecular complexity index is 1680. The van der Waals surface area contributed by atoms with Crippen LogP contribution < -0.4 is 30.7 Å². The molecule has 41 heavy (non-hydrogen) atoms. The molecule has 3 aromatic carbocycles. The molecule has 5 rings (SSSR count). The SMILES string of the molecule is C#Cc1ccc(Nc2cc3c4c(n(Cc5cc(OC)c(OC)c(OC)c5)c3cc2F)/C(=N/NC(=N)N)CCC4)cc1. The Balaban J connectivity index is 1.67. The zero-order chi connectivity index (χ0) is 29.1. The quantitative estimate of drug-likeness (QED) is 0.104. The molecule has 0 radical (unpaired) electrons. The highest BCUT2D eigenvalue weighted by Gasteiger charge is 2.27. The van der Waals surface area contributed by atoms with E-state index in [4.69, 9.17) is 31.8 Å². The van der Waals surface area contributed by atoms with Crippen molar-refractivity contribution in [3.8, 4) is 29.6 Å². The summed E-state index contributed by atoms with van der Waals surface area (Å²) in [6.07, 6.45) is 7.78. The normalized spacial score (nSPS) is 13.4. The van der Waals surface area contributed by atoms with Crippen molar-refractivity contribution >= 4 is 33.9 Å². The maximum absolute atomic E-state index is 15.7. The highest BCUT2D eigenvalue weighted by Crippen LogP contribution is 2.40. The number of nitrogens with one attached hydrogen (secondary N) is 3. The van der Waals surface area contributed by atoms with Crippen molar-refractivity contribution in [2.45, 2.75) is 25.8 Å². The number of hydrogen-bond acceptors (Lipinski definition) is 6. The summed E-state index contributed by atoms with van der Waals surface area (Å²) in [4.78, 5) is 0. The van der Waals surface area contributed by atoms with Gasteiger partial charge in [0.15, 0.2) is 11.5 Å². The fourth-order valence-corrected chi connectivity index (χ4v) is 5.28. The highest BCUT2D eigenvalue weighted by atomic mass is 19.1. The van der Waals surface area contributed by atoms with Gasteiger partial charge in [-0.05, 0) is 72.9 Å². The van der Waals surface area contributed by atoms with E-state index in [1.54, 1.807) is 39.5 Å². The number of guanidine groups is 1. The smallest absolute Gasteiger partial charge is 0.206 e. The van der Waals surface area contributed by atoms with Crippen LogP contribution in [0.1, 0.15) is 35.2 Å². The third-order valence-electron chi connectivity index (χ3n) is 7.08. The minimum atomic E-state index is -0.403. The minimum absolute atomic E-state index is 0.259. The number of nitrogens with zero attached hydrogens (tertiary/aromatic N) is 2. The topological polar surface area (TPSA) is 119 Å². The van der Waals surface area contributed by atoms with Crippen LogP contribution in [0.25, 0.3) is 10.9 Å². The maximum Gasteiger partial charge on any atom is 0.206 e. The molecular formula is C31H31FN6O3. The number of hydrazone groups is 1. The van der Waals surface area contributed by atoms with E-state index in [2.05, 4.69) is 21.8 Å². The van der Waals surface area contributed by atoms with Gasteiger partial charge < -0.3 is 29.8 Å². The van der Waals surface area contributed by atoms with Gasteiger partial charge in [0.2, 0.25) is 11.7 Å². The predicted octanol–water partition coefficient (Wildman–Crippen LogP) is 5.10. The lowest BCUT2D eigenvalue weighted by Gasteiger charge is -2.19. The molecule has 1 aromatic heterocycles. The zero-order valence-corrected chi connectivity index (χ0v) is 23.1. The molecule has 10 heteroatoms. The molecule has 0 spiro atoms. The van der Waals surface area contributed by atoms with E-state index in [0.717, 1.165) is 52.0 Å². The zero-order valence-electron chi connectivity index (χ0n) is 23.1. The minimum Gasteiger partial charge on any atom is -0.493 e. The largest absolute Gasteiger partial charge is 0.493 e.